The van der Waals surface area contributed by atoms with Gasteiger partial charge >= 0.3 is 0 Å². The molecule has 0 rings (SSSR count). The van der Waals surface area contributed by atoms with Crippen LogP contribution in [-0.2, 0) is 9.47 Å². The smallest absolute Gasteiger partial charge is 0.0958 e. The minimum atomic E-state index is 0.0139. The Hall–Kier alpha value is -0.120. The molecule has 3 nitrogen and oxygen atoms in total. The zero-order valence-electron chi connectivity index (χ0n) is 7.83. The third-order valence-electron chi connectivity index (χ3n) is 1.57. The van der Waals surface area contributed by atoms with Crippen LogP contribution in [0.4, 0.5) is 0 Å². The molecule has 0 radical (unpaired) electrons. The van der Waals surface area contributed by atoms with Gasteiger partial charge in [-0.25, -0.2) is 0 Å². The number of nitrogens with two attached hydrogens (primary N) is 1. The normalized spacial score (nSPS) is 16.9. The zero-order valence-corrected chi connectivity index (χ0v) is 7.83. The van der Waals surface area contributed by atoms with Crippen molar-refractivity contribution >= 4 is 0 Å². The molecule has 0 aromatic carbocycles. The molecule has 0 aliphatic heterocycles. The largest absolute Gasteiger partial charge is 0.379 e. The van der Waals surface area contributed by atoms with Crippen molar-refractivity contribution in [1.82, 2.24) is 0 Å². The van der Waals surface area contributed by atoms with E-state index in [9.17, 15) is 0 Å². The van der Waals surface area contributed by atoms with E-state index in [2.05, 4.69) is 0 Å². The van der Waals surface area contributed by atoms with Crippen LogP contribution in [0.5, 0.6) is 0 Å². The van der Waals surface area contributed by atoms with E-state index in [1.165, 1.54) is 0 Å². The molecule has 0 fully saturated rings. The maximum Gasteiger partial charge on any atom is 0.0958 e. The second kappa shape index (κ2) is 5.52. The lowest BCUT2D eigenvalue weighted by molar-refractivity contribution is -0.0674. The Balaban J connectivity index is 3.74. The van der Waals surface area contributed by atoms with Crippen LogP contribution in [-0.4, -0.2) is 32.0 Å². The molecule has 2 atom stereocenters. The standard InChI is InChI=1S/C8H19NO2/c1-6(2)11-8(5-9)7(3)10-4/h6-8H,5,9H2,1-4H3. The number of hydrogen-bond donors (Lipinski definition) is 1. The van der Waals surface area contributed by atoms with Gasteiger partial charge < -0.3 is 15.2 Å². The predicted molar refractivity (Wildman–Crippen MR) is 45.5 cm³/mol. The van der Waals surface area contributed by atoms with Crippen LogP contribution in [0.3, 0.4) is 0 Å². The van der Waals surface area contributed by atoms with E-state index < -0.39 is 0 Å². The number of ether oxygens (including phenoxy) is 2. The minimum Gasteiger partial charge on any atom is -0.379 e. The van der Waals surface area contributed by atoms with E-state index in [4.69, 9.17) is 15.2 Å². The van der Waals surface area contributed by atoms with Crippen molar-refractivity contribution in [2.75, 3.05) is 13.7 Å². The van der Waals surface area contributed by atoms with Crippen molar-refractivity contribution < 1.29 is 9.47 Å². The summed E-state index contributed by atoms with van der Waals surface area (Å²) in [6.45, 7) is 6.45. The first-order valence-corrected chi connectivity index (χ1v) is 4.00. The molecule has 0 saturated heterocycles. The van der Waals surface area contributed by atoms with Crippen LogP contribution in [0.25, 0.3) is 0 Å². The highest BCUT2D eigenvalue weighted by Crippen LogP contribution is 2.04. The fourth-order valence-electron chi connectivity index (χ4n) is 0.859. The molecular weight excluding hydrogens is 142 g/mol. The monoisotopic (exact) mass is 161 g/mol. The number of methoxy groups -OCH3 is 1. The van der Waals surface area contributed by atoms with Gasteiger partial charge in [-0.3, -0.25) is 0 Å². The van der Waals surface area contributed by atoms with Crippen LogP contribution < -0.4 is 5.73 Å². The molecule has 0 heterocycles. The molecule has 0 spiro atoms. The number of rotatable bonds is 5. The van der Waals surface area contributed by atoms with Gasteiger partial charge in [-0.2, -0.15) is 0 Å². The fraction of sp³-hybridized carbons (Fsp3) is 1.00. The molecule has 0 bridgehead atoms. The first-order chi connectivity index (χ1) is 5.11. The average Bonchev–Trinajstić information content (AvgIpc) is 1.98. The summed E-state index contributed by atoms with van der Waals surface area (Å²) in [5.74, 6) is 0. The summed E-state index contributed by atoms with van der Waals surface area (Å²) in [6, 6.07) is 0. The highest BCUT2D eigenvalue weighted by atomic mass is 16.5. The quantitative estimate of drug-likeness (QED) is 0.648. The molecule has 2 N–H and O–H groups in total. The van der Waals surface area contributed by atoms with Gasteiger partial charge in [-0.15, -0.1) is 0 Å². The lowest BCUT2D eigenvalue weighted by Gasteiger charge is -2.23. The topological polar surface area (TPSA) is 44.5 Å². The lowest BCUT2D eigenvalue weighted by atomic mass is 10.2. The zero-order chi connectivity index (χ0) is 8.85. The van der Waals surface area contributed by atoms with Crippen LogP contribution in [0.1, 0.15) is 20.8 Å². The van der Waals surface area contributed by atoms with Crippen molar-refractivity contribution in [2.24, 2.45) is 5.73 Å². The Bertz CT molecular complexity index is 96.1. The van der Waals surface area contributed by atoms with Gasteiger partial charge in [0.2, 0.25) is 0 Å². The van der Waals surface area contributed by atoms with Gasteiger partial charge in [0.15, 0.2) is 0 Å². The molecule has 0 saturated carbocycles. The van der Waals surface area contributed by atoms with E-state index in [0.717, 1.165) is 0 Å². The van der Waals surface area contributed by atoms with E-state index in [1.807, 2.05) is 20.8 Å². The van der Waals surface area contributed by atoms with Crippen LogP contribution in [0.15, 0.2) is 0 Å². The van der Waals surface area contributed by atoms with E-state index in [0.29, 0.717) is 6.54 Å². The van der Waals surface area contributed by atoms with Crippen molar-refractivity contribution in [2.45, 2.75) is 39.1 Å². The summed E-state index contributed by atoms with van der Waals surface area (Å²) < 4.78 is 10.6. The van der Waals surface area contributed by atoms with Crippen LogP contribution >= 0.6 is 0 Å². The Morgan fingerprint density at radius 2 is 1.82 bits per heavy atom. The van der Waals surface area contributed by atoms with Gasteiger partial charge in [0, 0.05) is 13.7 Å². The van der Waals surface area contributed by atoms with Crippen molar-refractivity contribution in [3.05, 3.63) is 0 Å². The molecule has 0 aromatic rings. The fourth-order valence-corrected chi connectivity index (χ4v) is 0.859. The number of hydrogen-bond acceptors (Lipinski definition) is 3. The maximum atomic E-state index is 5.50. The molecular formula is C8H19NO2. The summed E-state index contributed by atoms with van der Waals surface area (Å²) in [5, 5.41) is 0. The Morgan fingerprint density at radius 1 is 1.27 bits per heavy atom. The second-order valence-electron chi connectivity index (χ2n) is 2.90. The highest BCUT2D eigenvalue weighted by Gasteiger charge is 2.16. The predicted octanol–water partition coefficient (Wildman–Crippen LogP) is 0.774. The summed E-state index contributed by atoms with van der Waals surface area (Å²) >= 11 is 0. The molecule has 0 aliphatic carbocycles. The molecule has 68 valence electrons. The van der Waals surface area contributed by atoms with Gasteiger partial charge in [0.05, 0.1) is 18.3 Å². The third-order valence-corrected chi connectivity index (χ3v) is 1.57. The Labute approximate surface area is 68.9 Å². The van der Waals surface area contributed by atoms with Crippen molar-refractivity contribution in [3.8, 4) is 0 Å². The van der Waals surface area contributed by atoms with Gasteiger partial charge in [0.1, 0.15) is 0 Å². The molecule has 0 amide bonds. The Morgan fingerprint density at radius 3 is 2.09 bits per heavy atom. The molecule has 3 heteroatoms. The maximum absolute atomic E-state index is 5.50. The molecule has 2 unspecified atom stereocenters. The highest BCUT2D eigenvalue weighted by molar-refractivity contribution is 4.67. The van der Waals surface area contributed by atoms with Gasteiger partial charge in [-0.1, -0.05) is 0 Å². The van der Waals surface area contributed by atoms with Crippen molar-refractivity contribution in [1.29, 1.82) is 0 Å². The summed E-state index contributed by atoms with van der Waals surface area (Å²) in [4.78, 5) is 0. The molecule has 0 aromatic heterocycles. The third kappa shape index (κ3) is 4.35. The van der Waals surface area contributed by atoms with Crippen molar-refractivity contribution in [3.63, 3.8) is 0 Å². The first kappa shape index (κ1) is 10.9. The minimum absolute atomic E-state index is 0.0139. The van der Waals surface area contributed by atoms with Gasteiger partial charge in [0.25, 0.3) is 0 Å². The SMILES string of the molecule is COC(C)C(CN)OC(C)C. The summed E-state index contributed by atoms with van der Waals surface area (Å²) in [6.07, 6.45) is 0.295. The van der Waals surface area contributed by atoms with E-state index in [-0.39, 0.29) is 18.3 Å². The molecule has 11 heavy (non-hydrogen) atoms. The van der Waals surface area contributed by atoms with E-state index >= 15 is 0 Å². The van der Waals surface area contributed by atoms with E-state index in [1.54, 1.807) is 7.11 Å². The van der Waals surface area contributed by atoms with Crippen LogP contribution in [0, 0.1) is 0 Å². The Kier molecular flexibility index (Phi) is 5.46. The second-order valence-corrected chi connectivity index (χ2v) is 2.90. The lowest BCUT2D eigenvalue weighted by Crippen LogP contribution is -2.37. The molecule has 0 aliphatic rings. The van der Waals surface area contributed by atoms with Gasteiger partial charge in [-0.05, 0) is 20.8 Å². The summed E-state index contributed by atoms with van der Waals surface area (Å²) in [5.41, 5.74) is 5.49. The average molecular weight is 161 g/mol. The first-order valence-electron chi connectivity index (χ1n) is 4.00. The summed E-state index contributed by atoms with van der Waals surface area (Å²) in [7, 11) is 1.66. The van der Waals surface area contributed by atoms with Crippen LogP contribution in [0.2, 0.25) is 0 Å².